The predicted octanol–water partition coefficient (Wildman–Crippen LogP) is 3.49. The number of carboxylic acids is 1. The first-order chi connectivity index (χ1) is 12.5. The van der Waals surface area contributed by atoms with Crippen LogP contribution in [0.15, 0.2) is 24.5 Å². The van der Waals surface area contributed by atoms with Gasteiger partial charge in [-0.1, -0.05) is 11.6 Å². The number of carbonyl (C=O) groups is 1. The van der Waals surface area contributed by atoms with Crippen LogP contribution < -0.4 is 15.0 Å². The Balaban J connectivity index is 1.76. The Morgan fingerprint density at radius 2 is 2.04 bits per heavy atom. The molecule has 1 fully saturated rings. The summed E-state index contributed by atoms with van der Waals surface area (Å²) in [6, 6.07) is 5.52. The Kier molecular flexibility index (Phi) is 5.46. The highest BCUT2D eigenvalue weighted by Gasteiger charge is 2.25. The van der Waals surface area contributed by atoms with Crippen molar-refractivity contribution in [1.29, 1.82) is 0 Å². The molecule has 0 atom stereocenters. The van der Waals surface area contributed by atoms with E-state index < -0.39 is 5.97 Å². The van der Waals surface area contributed by atoms with Gasteiger partial charge in [0.15, 0.2) is 0 Å². The van der Waals surface area contributed by atoms with E-state index in [1.54, 1.807) is 13.2 Å². The van der Waals surface area contributed by atoms with Crippen LogP contribution in [-0.4, -0.2) is 41.2 Å². The molecule has 1 aromatic carbocycles. The molecule has 1 aliphatic rings. The monoisotopic (exact) mass is 376 g/mol. The summed E-state index contributed by atoms with van der Waals surface area (Å²) in [4.78, 5) is 21.8. The van der Waals surface area contributed by atoms with Gasteiger partial charge in [-0.25, -0.2) is 9.97 Å². The van der Waals surface area contributed by atoms with E-state index >= 15 is 0 Å². The average molecular weight is 377 g/mol. The van der Waals surface area contributed by atoms with Crippen molar-refractivity contribution in [1.82, 2.24) is 9.97 Å². The maximum Gasteiger partial charge on any atom is 0.306 e. The SMILES string of the molecule is COc1cc(Cl)c(C)cc1Nc1cc(N2CCC(C(=O)O)CC2)ncn1. The second kappa shape index (κ2) is 7.78. The van der Waals surface area contributed by atoms with Gasteiger partial charge < -0.3 is 20.1 Å². The normalized spacial score (nSPS) is 15.0. The maximum atomic E-state index is 11.1. The highest BCUT2D eigenvalue weighted by molar-refractivity contribution is 6.31. The van der Waals surface area contributed by atoms with E-state index in [0.29, 0.717) is 42.5 Å². The van der Waals surface area contributed by atoms with E-state index in [1.807, 2.05) is 19.1 Å². The molecule has 0 radical (unpaired) electrons. The van der Waals surface area contributed by atoms with E-state index in [0.717, 1.165) is 17.1 Å². The van der Waals surface area contributed by atoms with Crippen LogP contribution in [0.25, 0.3) is 0 Å². The third kappa shape index (κ3) is 3.99. The van der Waals surface area contributed by atoms with Gasteiger partial charge >= 0.3 is 5.97 Å². The van der Waals surface area contributed by atoms with Gasteiger partial charge in [0, 0.05) is 30.2 Å². The van der Waals surface area contributed by atoms with Gasteiger partial charge in [0.2, 0.25) is 0 Å². The van der Waals surface area contributed by atoms with E-state index in [2.05, 4.69) is 20.2 Å². The number of anilines is 3. The molecule has 1 aromatic heterocycles. The Hall–Kier alpha value is -2.54. The van der Waals surface area contributed by atoms with E-state index in [4.69, 9.17) is 21.4 Å². The zero-order valence-corrected chi connectivity index (χ0v) is 15.5. The summed E-state index contributed by atoms with van der Waals surface area (Å²) < 4.78 is 5.38. The fraction of sp³-hybridized carbons (Fsp3) is 0.389. The molecule has 0 spiro atoms. The standard InChI is InChI=1S/C18H21ClN4O3/c1-11-7-14(15(26-2)8-13(11)19)22-16-9-17(21-10-20-16)23-5-3-12(4-6-23)18(24)25/h7-10,12H,3-6H2,1-2H3,(H,24,25)(H,20,21,22). The molecule has 0 aliphatic carbocycles. The molecule has 0 unspecified atom stereocenters. The summed E-state index contributed by atoms with van der Waals surface area (Å²) in [5.41, 5.74) is 1.70. The number of hydrogen-bond donors (Lipinski definition) is 2. The van der Waals surface area contributed by atoms with Gasteiger partial charge in [-0.2, -0.15) is 0 Å². The number of aliphatic carboxylic acids is 1. The molecule has 2 aromatic rings. The number of nitrogens with one attached hydrogen (secondary N) is 1. The molecule has 1 saturated heterocycles. The number of halogens is 1. The molecular weight excluding hydrogens is 356 g/mol. The van der Waals surface area contributed by atoms with Crippen molar-refractivity contribution in [3.05, 3.63) is 35.1 Å². The van der Waals surface area contributed by atoms with Crippen LogP contribution in [-0.2, 0) is 4.79 Å². The quantitative estimate of drug-likeness (QED) is 0.825. The zero-order valence-electron chi connectivity index (χ0n) is 14.7. The number of carboxylic acid groups (broad SMARTS) is 1. The molecule has 0 saturated carbocycles. The zero-order chi connectivity index (χ0) is 18.7. The van der Waals surface area contributed by atoms with Crippen LogP contribution >= 0.6 is 11.6 Å². The Morgan fingerprint density at radius 1 is 1.31 bits per heavy atom. The number of piperidine rings is 1. The van der Waals surface area contributed by atoms with Gasteiger partial charge in [-0.15, -0.1) is 0 Å². The lowest BCUT2D eigenvalue weighted by Gasteiger charge is -2.31. The van der Waals surface area contributed by atoms with Crippen molar-refractivity contribution in [3.63, 3.8) is 0 Å². The summed E-state index contributed by atoms with van der Waals surface area (Å²) >= 11 is 6.15. The van der Waals surface area contributed by atoms with Crippen molar-refractivity contribution < 1.29 is 14.6 Å². The molecule has 138 valence electrons. The number of ether oxygens (including phenoxy) is 1. The number of aryl methyl sites for hydroxylation is 1. The molecule has 26 heavy (non-hydrogen) atoms. The van der Waals surface area contributed by atoms with E-state index in [-0.39, 0.29) is 5.92 Å². The van der Waals surface area contributed by atoms with Gasteiger partial charge in [-0.05, 0) is 31.4 Å². The lowest BCUT2D eigenvalue weighted by molar-refractivity contribution is -0.142. The summed E-state index contributed by atoms with van der Waals surface area (Å²) in [6.07, 6.45) is 2.73. The molecular formula is C18H21ClN4O3. The van der Waals surface area contributed by atoms with Gasteiger partial charge in [0.05, 0.1) is 18.7 Å². The lowest BCUT2D eigenvalue weighted by Crippen LogP contribution is -2.36. The van der Waals surface area contributed by atoms with E-state index in [1.165, 1.54) is 6.33 Å². The van der Waals surface area contributed by atoms with Gasteiger partial charge in [0.25, 0.3) is 0 Å². The molecule has 7 nitrogen and oxygen atoms in total. The molecule has 0 amide bonds. The van der Waals surface area contributed by atoms with Crippen LogP contribution in [0.4, 0.5) is 17.3 Å². The molecule has 0 bridgehead atoms. The number of methoxy groups -OCH3 is 1. The molecule has 2 heterocycles. The Bertz CT molecular complexity index is 807. The number of benzene rings is 1. The predicted molar refractivity (Wildman–Crippen MR) is 101 cm³/mol. The van der Waals surface area contributed by atoms with Gasteiger partial charge in [-0.3, -0.25) is 4.79 Å². The average Bonchev–Trinajstić information content (AvgIpc) is 2.65. The van der Waals surface area contributed by atoms with Crippen LogP contribution in [0.2, 0.25) is 5.02 Å². The van der Waals surface area contributed by atoms with E-state index in [9.17, 15) is 4.79 Å². The fourth-order valence-corrected chi connectivity index (χ4v) is 3.17. The Labute approximate surface area is 157 Å². The molecule has 8 heteroatoms. The first kappa shape index (κ1) is 18.3. The summed E-state index contributed by atoms with van der Waals surface area (Å²) in [6.45, 7) is 3.25. The summed E-state index contributed by atoms with van der Waals surface area (Å²) in [7, 11) is 1.59. The number of nitrogens with zero attached hydrogens (tertiary/aromatic N) is 3. The second-order valence-electron chi connectivity index (χ2n) is 6.29. The number of rotatable bonds is 5. The van der Waals surface area contributed by atoms with Crippen molar-refractivity contribution in [3.8, 4) is 5.75 Å². The van der Waals surface area contributed by atoms with Crippen molar-refractivity contribution >= 4 is 34.9 Å². The highest BCUT2D eigenvalue weighted by Crippen LogP contribution is 2.33. The first-order valence-corrected chi connectivity index (χ1v) is 8.76. The van der Waals surface area contributed by atoms with Crippen LogP contribution in [0.3, 0.4) is 0 Å². The van der Waals surface area contributed by atoms with Crippen molar-refractivity contribution in [2.24, 2.45) is 5.92 Å². The first-order valence-electron chi connectivity index (χ1n) is 8.39. The Morgan fingerprint density at radius 3 is 2.69 bits per heavy atom. The third-order valence-electron chi connectivity index (χ3n) is 4.56. The van der Waals surface area contributed by atoms with Crippen LogP contribution in [0.5, 0.6) is 5.75 Å². The second-order valence-corrected chi connectivity index (χ2v) is 6.69. The lowest BCUT2D eigenvalue weighted by atomic mass is 9.97. The minimum absolute atomic E-state index is 0.271. The minimum Gasteiger partial charge on any atom is -0.495 e. The molecule has 3 rings (SSSR count). The fourth-order valence-electron chi connectivity index (χ4n) is 3.01. The van der Waals surface area contributed by atoms with Crippen molar-refractivity contribution in [2.75, 3.05) is 30.4 Å². The van der Waals surface area contributed by atoms with Crippen molar-refractivity contribution in [2.45, 2.75) is 19.8 Å². The summed E-state index contributed by atoms with van der Waals surface area (Å²) in [5.74, 6) is 1.04. The van der Waals surface area contributed by atoms with Gasteiger partial charge in [0.1, 0.15) is 23.7 Å². The number of hydrogen-bond acceptors (Lipinski definition) is 6. The molecule has 2 N–H and O–H groups in total. The number of aromatic nitrogens is 2. The smallest absolute Gasteiger partial charge is 0.306 e. The van der Waals surface area contributed by atoms with Crippen LogP contribution in [0, 0.1) is 12.8 Å². The minimum atomic E-state index is -0.722. The highest BCUT2D eigenvalue weighted by atomic mass is 35.5. The third-order valence-corrected chi connectivity index (χ3v) is 4.97. The maximum absolute atomic E-state index is 11.1. The largest absolute Gasteiger partial charge is 0.495 e. The summed E-state index contributed by atoms with van der Waals surface area (Å²) in [5, 5.41) is 13.0. The topological polar surface area (TPSA) is 87.6 Å². The van der Waals surface area contributed by atoms with Crippen LogP contribution in [0.1, 0.15) is 18.4 Å². The molecule has 1 aliphatic heterocycles.